The Morgan fingerprint density at radius 2 is 1.74 bits per heavy atom. The molecule has 0 amide bonds. The molecule has 0 spiro atoms. The van der Waals surface area contributed by atoms with Crippen LogP contribution in [0.2, 0.25) is 0 Å². The van der Waals surface area contributed by atoms with Crippen LogP contribution in [0.3, 0.4) is 0 Å². The van der Waals surface area contributed by atoms with Crippen LogP contribution >= 0.6 is 0 Å². The fraction of sp³-hybridized carbons (Fsp3) is 0.273. The van der Waals surface area contributed by atoms with E-state index in [2.05, 4.69) is 28.3 Å². The molecule has 0 aliphatic carbocycles. The van der Waals surface area contributed by atoms with E-state index in [9.17, 15) is 8.42 Å². The van der Waals surface area contributed by atoms with Crippen molar-refractivity contribution in [3.63, 3.8) is 0 Å². The number of fused-ring (bicyclic) bond motifs is 1. The first kappa shape index (κ1) is 19.2. The van der Waals surface area contributed by atoms with E-state index in [1.807, 2.05) is 56.4 Å². The molecule has 1 N–H and O–H groups in total. The number of nitrogens with zero attached hydrogens (tertiary/aromatic N) is 1. The average Bonchev–Trinajstić information content (AvgIpc) is 2.93. The highest BCUT2D eigenvalue weighted by Gasteiger charge is 2.17. The molecule has 0 radical (unpaired) electrons. The Morgan fingerprint density at radius 3 is 2.44 bits per heavy atom. The summed E-state index contributed by atoms with van der Waals surface area (Å²) < 4.78 is 29.5. The molecule has 0 saturated carbocycles. The van der Waals surface area contributed by atoms with Crippen molar-refractivity contribution < 1.29 is 8.42 Å². The lowest BCUT2D eigenvalue weighted by Crippen LogP contribution is -2.21. The predicted molar refractivity (Wildman–Crippen MR) is 113 cm³/mol. The molecular weight excluding hydrogens is 356 g/mol. The summed E-state index contributed by atoms with van der Waals surface area (Å²) in [6.07, 6.45) is 3.14. The van der Waals surface area contributed by atoms with Crippen molar-refractivity contribution in [2.24, 2.45) is 7.05 Å². The maximum absolute atomic E-state index is 12.3. The summed E-state index contributed by atoms with van der Waals surface area (Å²) in [5.74, 6) is 0.136. The zero-order valence-electron chi connectivity index (χ0n) is 16.1. The van der Waals surface area contributed by atoms with E-state index < -0.39 is 10.0 Å². The summed E-state index contributed by atoms with van der Waals surface area (Å²) in [5, 5.41) is 1.11. The lowest BCUT2D eigenvalue weighted by molar-refractivity contribution is 0.587. The van der Waals surface area contributed by atoms with Gasteiger partial charge in [-0.25, -0.2) is 8.42 Å². The summed E-state index contributed by atoms with van der Waals surface area (Å²) in [7, 11) is -1.31. The summed E-state index contributed by atoms with van der Waals surface area (Å²) in [4.78, 5) is 0. The molecule has 0 bridgehead atoms. The van der Waals surface area contributed by atoms with Gasteiger partial charge >= 0.3 is 0 Å². The van der Waals surface area contributed by atoms with Crippen LogP contribution in [0.5, 0.6) is 0 Å². The third-order valence-corrected chi connectivity index (χ3v) is 6.21. The number of aromatic nitrogens is 1. The van der Waals surface area contributed by atoms with Gasteiger partial charge in [0.05, 0.1) is 5.75 Å². The molecule has 5 heteroatoms. The maximum atomic E-state index is 12.3. The molecule has 1 aromatic heterocycles. The number of nitrogens with one attached hydrogen (secondary N) is 1. The van der Waals surface area contributed by atoms with Crippen LogP contribution in [-0.4, -0.2) is 18.7 Å². The van der Waals surface area contributed by atoms with E-state index in [1.165, 1.54) is 0 Å². The summed E-state index contributed by atoms with van der Waals surface area (Å²) in [5.41, 5.74) is 5.14. The normalized spacial score (nSPS) is 12.5. The monoisotopic (exact) mass is 382 g/mol. The summed E-state index contributed by atoms with van der Waals surface area (Å²) in [6, 6.07) is 18.1. The maximum Gasteiger partial charge on any atom is 0.232 e. The lowest BCUT2D eigenvalue weighted by Gasteiger charge is -2.11. The van der Waals surface area contributed by atoms with Gasteiger partial charge in [-0.15, -0.1) is 0 Å². The Balaban J connectivity index is 2.16. The molecular formula is C22H26N2O2S. The number of rotatable bonds is 7. The van der Waals surface area contributed by atoms with E-state index >= 15 is 0 Å². The number of sulfonamides is 1. The van der Waals surface area contributed by atoms with Gasteiger partial charge in [-0.2, -0.15) is 0 Å². The van der Waals surface area contributed by atoms with Crippen LogP contribution in [0.4, 0.5) is 0 Å². The van der Waals surface area contributed by atoms with Crippen molar-refractivity contribution in [1.82, 2.24) is 9.29 Å². The lowest BCUT2D eigenvalue weighted by atomic mass is 9.96. The first-order valence-electron chi connectivity index (χ1n) is 9.24. The second kappa shape index (κ2) is 8.01. The third kappa shape index (κ3) is 4.08. The molecule has 2 aromatic carbocycles. The number of unbranched alkanes of at least 4 members (excludes halogenated alkanes) is 1. The highest BCUT2D eigenvalue weighted by molar-refractivity contribution is 7.89. The van der Waals surface area contributed by atoms with Crippen LogP contribution < -0.4 is 4.72 Å². The van der Waals surface area contributed by atoms with E-state index in [0.29, 0.717) is 6.42 Å². The molecule has 0 fully saturated rings. The highest BCUT2D eigenvalue weighted by Crippen LogP contribution is 2.34. The molecule has 0 atom stereocenters. The zero-order chi connectivity index (χ0) is 19.4. The second-order valence-electron chi connectivity index (χ2n) is 6.75. The number of benzene rings is 2. The average molecular weight is 383 g/mol. The Bertz CT molecular complexity index is 1060. The molecule has 3 aromatic rings. The van der Waals surface area contributed by atoms with E-state index in [4.69, 9.17) is 0 Å². The zero-order valence-corrected chi connectivity index (χ0v) is 16.9. The van der Waals surface area contributed by atoms with Crippen molar-refractivity contribution in [1.29, 1.82) is 0 Å². The minimum Gasteiger partial charge on any atom is -0.347 e. The molecule has 4 nitrogen and oxygen atoms in total. The molecule has 0 unspecified atom stereocenters. The van der Waals surface area contributed by atoms with Gasteiger partial charge in [0, 0.05) is 41.0 Å². The summed E-state index contributed by atoms with van der Waals surface area (Å²) in [6.45, 7) is 4.05. The van der Waals surface area contributed by atoms with Crippen LogP contribution in [0, 0.1) is 6.92 Å². The SMILES string of the molecule is CCCCS(=O)(=O)N/C=C(/c1ccccc1)c1c(C)n(C)c2ccccc12. The van der Waals surface area contributed by atoms with Crippen LogP contribution in [0.15, 0.2) is 60.8 Å². The number of hydrogen-bond acceptors (Lipinski definition) is 2. The largest absolute Gasteiger partial charge is 0.347 e. The van der Waals surface area contributed by atoms with Crippen molar-refractivity contribution in [2.45, 2.75) is 26.7 Å². The molecule has 27 heavy (non-hydrogen) atoms. The van der Waals surface area contributed by atoms with Crippen molar-refractivity contribution in [2.75, 3.05) is 5.75 Å². The topological polar surface area (TPSA) is 51.1 Å². The van der Waals surface area contributed by atoms with Gasteiger partial charge in [0.15, 0.2) is 0 Å². The van der Waals surface area contributed by atoms with E-state index in [0.717, 1.165) is 39.7 Å². The van der Waals surface area contributed by atoms with Crippen LogP contribution in [-0.2, 0) is 17.1 Å². The molecule has 3 rings (SSSR count). The van der Waals surface area contributed by atoms with Gasteiger partial charge < -0.3 is 4.57 Å². The van der Waals surface area contributed by atoms with Crippen molar-refractivity contribution in [3.05, 3.63) is 77.6 Å². The fourth-order valence-electron chi connectivity index (χ4n) is 3.32. The van der Waals surface area contributed by atoms with E-state index in [1.54, 1.807) is 6.20 Å². The Kier molecular flexibility index (Phi) is 5.71. The molecule has 0 saturated heterocycles. The van der Waals surface area contributed by atoms with Crippen LogP contribution in [0.1, 0.15) is 36.6 Å². The van der Waals surface area contributed by atoms with Gasteiger partial charge in [0.25, 0.3) is 0 Å². The smallest absolute Gasteiger partial charge is 0.232 e. The van der Waals surface area contributed by atoms with Gasteiger partial charge in [-0.1, -0.05) is 61.9 Å². The Morgan fingerprint density at radius 1 is 1.07 bits per heavy atom. The highest BCUT2D eigenvalue weighted by atomic mass is 32.2. The van der Waals surface area contributed by atoms with Gasteiger partial charge in [0.1, 0.15) is 0 Å². The molecule has 142 valence electrons. The predicted octanol–water partition coefficient (Wildman–Crippen LogP) is 4.60. The number of para-hydroxylation sites is 1. The summed E-state index contributed by atoms with van der Waals surface area (Å²) >= 11 is 0. The van der Waals surface area contributed by atoms with Gasteiger partial charge in [0.2, 0.25) is 10.0 Å². The minimum atomic E-state index is -3.35. The first-order chi connectivity index (χ1) is 12.9. The second-order valence-corrected chi connectivity index (χ2v) is 8.62. The van der Waals surface area contributed by atoms with Gasteiger partial charge in [-0.05, 0) is 25.0 Å². The fourth-order valence-corrected chi connectivity index (χ4v) is 4.40. The standard InChI is InChI=1S/C22H26N2O2S/c1-4-5-15-27(25,26)23-16-20(18-11-7-6-8-12-18)22-17(2)24(3)21-14-10-9-13-19(21)22/h6-14,16,23H,4-5,15H2,1-3H3/b20-16-. The third-order valence-electron chi connectivity index (χ3n) is 4.90. The molecule has 0 aliphatic rings. The quantitative estimate of drug-likeness (QED) is 0.649. The Hall–Kier alpha value is -2.53. The number of hydrogen-bond donors (Lipinski definition) is 1. The minimum absolute atomic E-state index is 0.136. The van der Waals surface area contributed by atoms with Gasteiger partial charge in [-0.3, -0.25) is 4.72 Å². The first-order valence-corrected chi connectivity index (χ1v) is 10.9. The Labute approximate surface area is 161 Å². The number of aryl methyl sites for hydroxylation is 1. The van der Waals surface area contributed by atoms with E-state index in [-0.39, 0.29) is 5.75 Å². The van der Waals surface area contributed by atoms with Crippen molar-refractivity contribution >= 4 is 26.5 Å². The molecule has 0 aliphatic heterocycles. The molecule has 1 heterocycles. The van der Waals surface area contributed by atoms with Crippen LogP contribution in [0.25, 0.3) is 16.5 Å². The van der Waals surface area contributed by atoms with Crippen molar-refractivity contribution in [3.8, 4) is 0 Å².